The zero-order chi connectivity index (χ0) is 12.9. The van der Waals surface area contributed by atoms with Gasteiger partial charge < -0.3 is 0 Å². The van der Waals surface area contributed by atoms with E-state index in [0.717, 1.165) is 23.0 Å². The Morgan fingerprint density at radius 2 is 1.61 bits per heavy atom. The van der Waals surface area contributed by atoms with Crippen LogP contribution in [0, 0.1) is 37.4 Å². The minimum atomic E-state index is -0.147. The van der Waals surface area contributed by atoms with E-state index < -0.39 is 0 Å². The van der Waals surface area contributed by atoms with E-state index in [0.29, 0.717) is 5.92 Å². The second kappa shape index (κ2) is 4.52. The molecule has 0 heterocycles. The first-order chi connectivity index (χ1) is 8.59. The Hall–Kier alpha value is -0.560. The molecule has 98 valence electrons. The van der Waals surface area contributed by atoms with Crippen molar-refractivity contribution >= 4 is 11.6 Å². The maximum absolute atomic E-state index is 13.3. The molecule has 0 N–H and O–H groups in total. The van der Waals surface area contributed by atoms with Gasteiger partial charge in [0.1, 0.15) is 5.82 Å². The van der Waals surface area contributed by atoms with E-state index in [1.807, 2.05) is 13.8 Å². The molecule has 2 aliphatic carbocycles. The van der Waals surface area contributed by atoms with Gasteiger partial charge in [-0.15, -0.1) is 11.6 Å². The van der Waals surface area contributed by atoms with Gasteiger partial charge in [-0.2, -0.15) is 0 Å². The minimum absolute atomic E-state index is 0.0821. The number of benzene rings is 1. The van der Waals surface area contributed by atoms with E-state index in [-0.39, 0.29) is 11.2 Å². The summed E-state index contributed by atoms with van der Waals surface area (Å²) in [5.41, 5.74) is 3.20. The quantitative estimate of drug-likeness (QED) is 0.649. The van der Waals surface area contributed by atoms with Crippen molar-refractivity contribution in [2.45, 2.75) is 44.9 Å². The van der Waals surface area contributed by atoms with Gasteiger partial charge in [-0.1, -0.05) is 12.8 Å². The number of fused-ring (bicyclic) bond motifs is 1. The Bertz CT molecular complexity index is 433. The first-order valence-electron chi connectivity index (χ1n) is 7.00. The van der Waals surface area contributed by atoms with Crippen LogP contribution in [0.3, 0.4) is 0 Å². The van der Waals surface area contributed by atoms with Crippen LogP contribution >= 0.6 is 11.6 Å². The fraction of sp³-hybridized carbons (Fsp3) is 0.625. The van der Waals surface area contributed by atoms with Crippen molar-refractivity contribution in [3.63, 3.8) is 0 Å². The summed E-state index contributed by atoms with van der Waals surface area (Å²) in [5, 5.41) is 0.0821. The average molecular weight is 267 g/mol. The van der Waals surface area contributed by atoms with E-state index in [9.17, 15) is 4.39 Å². The third-order valence-corrected chi connectivity index (χ3v) is 5.40. The lowest BCUT2D eigenvalue weighted by Gasteiger charge is -2.16. The molecule has 2 saturated carbocycles. The predicted octanol–water partition coefficient (Wildman–Crippen LogP) is 5.16. The highest BCUT2D eigenvalue weighted by Crippen LogP contribution is 2.62. The summed E-state index contributed by atoms with van der Waals surface area (Å²) < 4.78 is 13.3. The summed E-state index contributed by atoms with van der Waals surface area (Å²) in [6.07, 6.45) is 5.42. The molecule has 0 nitrogen and oxygen atoms in total. The highest BCUT2D eigenvalue weighted by molar-refractivity contribution is 6.21. The molecule has 1 aromatic rings. The van der Waals surface area contributed by atoms with E-state index in [4.69, 9.17) is 11.6 Å². The lowest BCUT2D eigenvalue weighted by molar-refractivity contribution is 0.480. The Morgan fingerprint density at radius 3 is 2.11 bits per heavy atom. The number of hydrogen-bond acceptors (Lipinski definition) is 0. The van der Waals surface area contributed by atoms with Gasteiger partial charge in [-0.05, 0) is 73.3 Å². The molecule has 0 radical (unpaired) electrons. The van der Waals surface area contributed by atoms with Crippen LogP contribution in [0.1, 0.15) is 47.8 Å². The molecular formula is C16H20ClF. The maximum atomic E-state index is 13.3. The van der Waals surface area contributed by atoms with Crippen LogP contribution in [0.4, 0.5) is 4.39 Å². The van der Waals surface area contributed by atoms with Gasteiger partial charge in [0.25, 0.3) is 0 Å². The molecule has 2 heteroatoms. The first-order valence-corrected chi connectivity index (χ1v) is 7.44. The monoisotopic (exact) mass is 266 g/mol. The first kappa shape index (κ1) is 12.5. The van der Waals surface area contributed by atoms with Crippen molar-refractivity contribution in [3.05, 3.63) is 34.6 Å². The lowest BCUT2D eigenvalue weighted by Crippen LogP contribution is -2.02. The normalized spacial score (nSPS) is 31.9. The number of aryl methyl sites for hydroxylation is 2. The van der Waals surface area contributed by atoms with E-state index in [2.05, 4.69) is 0 Å². The molecule has 0 spiro atoms. The molecule has 0 aliphatic heterocycles. The van der Waals surface area contributed by atoms with Crippen LogP contribution in [0.15, 0.2) is 12.1 Å². The van der Waals surface area contributed by atoms with Gasteiger partial charge in [0, 0.05) is 0 Å². The van der Waals surface area contributed by atoms with Crippen LogP contribution in [-0.2, 0) is 0 Å². The number of rotatable bonds is 2. The van der Waals surface area contributed by atoms with Crippen molar-refractivity contribution in [3.8, 4) is 0 Å². The van der Waals surface area contributed by atoms with Crippen LogP contribution in [0.2, 0.25) is 0 Å². The van der Waals surface area contributed by atoms with Crippen molar-refractivity contribution in [1.29, 1.82) is 0 Å². The van der Waals surface area contributed by atoms with Crippen molar-refractivity contribution < 1.29 is 4.39 Å². The van der Waals surface area contributed by atoms with Crippen LogP contribution < -0.4 is 0 Å². The molecule has 2 fully saturated rings. The third kappa shape index (κ3) is 1.97. The highest BCUT2D eigenvalue weighted by atomic mass is 35.5. The second-order valence-corrected chi connectivity index (χ2v) is 6.51. The van der Waals surface area contributed by atoms with E-state index >= 15 is 0 Å². The van der Waals surface area contributed by atoms with Gasteiger partial charge >= 0.3 is 0 Å². The molecule has 3 atom stereocenters. The molecule has 0 saturated heterocycles. The molecule has 18 heavy (non-hydrogen) atoms. The second-order valence-electron chi connectivity index (χ2n) is 6.04. The highest BCUT2D eigenvalue weighted by Gasteiger charge is 2.54. The van der Waals surface area contributed by atoms with Gasteiger partial charge in [0.2, 0.25) is 0 Å². The molecule has 3 unspecified atom stereocenters. The summed E-state index contributed by atoms with van der Waals surface area (Å²) in [6, 6.07) is 3.23. The maximum Gasteiger partial charge on any atom is 0.123 e. The van der Waals surface area contributed by atoms with Gasteiger partial charge in [-0.3, -0.25) is 0 Å². The van der Waals surface area contributed by atoms with Crippen molar-refractivity contribution in [2.24, 2.45) is 17.8 Å². The molecule has 0 amide bonds. The van der Waals surface area contributed by atoms with Crippen LogP contribution in [0.25, 0.3) is 0 Å². The topological polar surface area (TPSA) is 0 Å². The standard InChI is InChI=1S/C16H20ClF/c1-9-7-11(18)8-10(2)14(9)16(17)15-12-5-3-4-6-13(12)15/h7-8,12-13,15-16H,3-6H2,1-2H3. The zero-order valence-electron chi connectivity index (χ0n) is 11.0. The fourth-order valence-corrected chi connectivity index (χ4v) is 4.75. The number of alkyl halides is 1. The van der Waals surface area contributed by atoms with E-state index in [1.165, 1.54) is 31.2 Å². The molecular weight excluding hydrogens is 247 g/mol. The summed E-state index contributed by atoms with van der Waals surface area (Å²) in [5.74, 6) is 2.16. The molecule has 2 aliphatic rings. The number of hydrogen-bond donors (Lipinski definition) is 0. The lowest BCUT2D eigenvalue weighted by atomic mass is 9.96. The van der Waals surface area contributed by atoms with Crippen molar-refractivity contribution in [2.75, 3.05) is 0 Å². The van der Waals surface area contributed by atoms with Gasteiger partial charge in [0.05, 0.1) is 5.38 Å². The smallest absolute Gasteiger partial charge is 0.123 e. The summed E-state index contributed by atoms with van der Waals surface area (Å²) >= 11 is 6.72. The van der Waals surface area contributed by atoms with Crippen LogP contribution in [0.5, 0.6) is 0 Å². The Balaban J connectivity index is 1.87. The predicted molar refractivity (Wildman–Crippen MR) is 73.4 cm³/mol. The van der Waals surface area contributed by atoms with Crippen molar-refractivity contribution in [1.82, 2.24) is 0 Å². The molecule has 1 aromatic carbocycles. The fourth-order valence-electron chi connectivity index (χ4n) is 4.03. The third-order valence-electron chi connectivity index (χ3n) is 4.89. The Kier molecular flexibility index (Phi) is 3.13. The molecule has 0 bridgehead atoms. The SMILES string of the molecule is Cc1cc(F)cc(C)c1C(Cl)C1C2CCCCC21. The number of halogens is 2. The zero-order valence-corrected chi connectivity index (χ0v) is 11.8. The van der Waals surface area contributed by atoms with Gasteiger partial charge in [-0.25, -0.2) is 4.39 Å². The summed E-state index contributed by atoms with van der Waals surface area (Å²) in [6.45, 7) is 3.96. The summed E-state index contributed by atoms with van der Waals surface area (Å²) in [4.78, 5) is 0. The van der Waals surface area contributed by atoms with Crippen LogP contribution in [-0.4, -0.2) is 0 Å². The minimum Gasteiger partial charge on any atom is -0.207 e. The largest absolute Gasteiger partial charge is 0.207 e. The molecule has 3 rings (SSSR count). The van der Waals surface area contributed by atoms with Gasteiger partial charge in [0.15, 0.2) is 0 Å². The summed E-state index contributed by atoms with van der Waals surface area (Å²) in [7, 11) is 0. The average Bonchev–Trinajstić information content (AvgIpc) is 3.01. The Morgan fingerprint density at radius 1 is 1.11 bits per heavy atom. The Labute approximate surface area is 114 Å². The van der Waals surface area contributed by atoms with E-state index in [1.54, 1.807) is 12.1 Å². The molecule has 0 aromatic heterocycles.